The molecule has 0 saturated heterocycles. The number of hydrogen-bond acceptors (Lipinski definition) is 8. The first-order chi connectivity index (χ1) is 16.8. The molecule has 0 radical (unpaired) electrons. The molecule has 0 bridgehead atoms. The molecule has 1 heterocycles. The molecule has 10 nitrogen and oxygen atoms in total. The summed E-state index contributed by atoms with van der Waals surface area (Å²) in [6.45, 7) is 2.20. The molecule has 0 aliphatic carbocycles. The van der Waals surface area contributed by atoms with E-state index in [1.807, 2.05) is 25.1 Å². The summed E-state index contributed by atoms with van der Waals surface area (Å²) in [6, 6.07) is 16.1. The molecule has 35 heavy (non-hydrogen) atoms. The summed E-state index contributed by atoms with van der Waals surface area (Å²) in [5.74, 6) is -0.245. The van der Waals surface area contributed by atoms with Gasteiger partial charge >= 0.3 is 12.1 Å². The first-order valence-electron chi connectivity index (χ1n) is 10.8. The lowest BCUT2D eigenvalue weighted by atomic mass is 10.1. The van der Waals surface area contributed by atoms with E-state index in [2.05, 4.69) is 4.98 Å². The Morgan fingerprint density at radius 2 is 1.86 bits per heavy atom. The highest BCUT2D eigenvalue weighted by Crippen LogP contribution is 2.25. The molecule has 10 heteroatoms. The average molecular weight is 479 g/mol. The number of methoxy groups -OCH3 is 1. The van der Waals surface area contributed by atoms with Gasteiger partial charge < -0.3 is 14.2 Å². The maximum Gasteiger partial charge on any atom is 0.419 e. The minimum atomic E-state index is -0.698. The predicted octanol–water partition coefficient (Wildman–Crippen LogP) is 4.41. The first-order valence-corrected chi connectivity index (χ1v) is 10.8. The van der Waals surface area contributed by atoms with Gasteiger partial charge in [0.05, 0.1) is 17.7 Å². The number of anilines is 1. The molecule has 1 atom stereocenters. The van der Waals surface area contributed by atoms with Crippen molar-refractivity contribution in [3.8, 4) is 17.0 Å². The van der Waals surface area contributed by atoms with Crippen LogP contribution in [-0.2, 0) is 20.7 Å². The molecule has 0 saturated carbocycles. The van der Waals surface area contributed by atoms with E-state index in [1.165, 1.54) is 36.3 Å². The van der Waals surface area contributed by atoms with Gasteiger partial charge in [0.15, 0.2) is 6.10 Å². The zero-order valence-electron chi connectivity index (χ0n) is 19.5. The number of ether oxygens (including phenoxy) is 3. The number of non-ortho nitro benzene ring substituents is 1. The van der Waals surface area contributed by atoms with Crippen molar-refractivity contribution in [2.24, 2.45) is 0 Å². The number of benzene rings is 2. The van der Waals surface area contributed by atoms with Gasteiger partial charge in [-0.3, -0.25) is 20.0 Å². The van der Waals surface area contributed by atoms with Crippen LogP contribution in [0.5, 0.6) is 5.75 Å². The molecule has 2 aromatic carbocycles. The fourth-order valence-corrected chi connectivity index (χ4v) is 3.26. The fraction of sp³-hybridized carbons (Fsp3) is 0.240. The van der Waals surface area contributed by atoms with Crippen molar-refractivity contribution in [2.75, 3.05) is 25.7 Å². The van der Waals surface area contributed by atoms with Gasteiger partial charge in [0.1, 0.15) is 5.75 Å². The Hall–Kier alpha value is -4.31. The number of nitro groups is 1. The van der Waals surface area contributed by atoms with E-state index >= 15 is 0 Å². The van der Waals surface area contributed by atoms with Crippen LogP contribution in [0.3, 0.4) is 0 Å². The van der Waals surface area contributed by atoms with E-state index in [-0.39, 0.29) is 11.4 Å². The summed E-state index contributed by atoms with van der Waals surface area (Å²) < 4.78 is 15.5. The largest absolute Gasteiger partial charge is 0.467 e. The van der Waals surface area contributed by atoms with Crippen molar-refractivity contribution in [3.63, 3.8) is 0 Å². The topological polar surface area (TPSA) is 121 Å². The second-order valence-corrected chi connectivity index (χ2v) is 7.45. The number of hydrogen-bond donors (Lipinski definition) is 0. The highest BCUT2D eigenvalue weighted by atomic mass is 16.6. The summed E-state index contributed by atoms with van der Waals surface area (Å²) in [5.41, 5.74) is 2.75. The van der Waals surface area contributed by atoms with Gasteiger partial charge in [0, 0.05) is 49.7 Å². The summed E-state index contributed by atoms with van der Waals surface area (Å²) in [5, 5.41) is 10.8. The van der Waals surface area contributed by atoms with Gasteiger partial charge in [-0.1, -0.05) is 18.2 Å². The smallest absolute Gasteiger partial charge is 0.419 e. The number of carbonyl (C=O) groups is 2. The Labute approximate surface area is 202 Å². The Kier molecular flexibility index (Phi) is 8.47. The molecule has 0 fully saturated rings. The van der Waals surface area contributed by atoms with Crippen LogP contribution in [0, 0.1) is 10.1 Å². The van der Waals surface area contributed by atoms with Gasteiger partial charge in [0.25, 0.3) is 5.69 Å². The minimum absolute atomic E-state index is 0.0944. The molecule has 0 aliphatic rings. The number of aromatic nitrogens is 1. The van der Waals surface area contributed by atoms with Crippen molar-refractivity contribution in [2.45, 2.75) is 19.4 Å². The molecular formula is C25H25N3O7. The maximum absolute atomic E-state index is 12.6. The number of nitro benzene ring substituents is 1. The van der Waals surface area contributed by atoms with Crippen LogP contribution in [0.4, 0.5) is 16.2 Å². The second-order valence-electron chi connectivity index (χ2n) is 7.45. The summed E-state index contributed by atoms with van der Waals surface area (Å²) in [7, 11) is 2.88. The first kappa shape index (κ1) is 25.3. The van der Waals surface area contributed by atoms with Crippen molar-refractivity contribution < 1.29 is 28.7 Å². The lowest BCUT2D eigenvalue weighted by molar-refractivity contribution is -0.384. The molecule has 182 valence electrons. The van der Waals surface area contributed by atoms with E-state index in [4.69, 9.17) is 14.2 Å². The van der Waals surface area contributed by atoms with Gasteiger partial charge in [-0.05, 0) is 42.8 Å². The van der Waals surface area contributed by atoms with Crippen LogP contribution in [0.25, 0.3) is 11.3 Å². The molecule has 1 aromatic heterocycles. The van der Waals surface area contributed by atoms with Crippen LogP contribution in [0.1, 0.15) is 12.5 Å². The minimum Gasteiger partial charge on any atom is -0.467 e. The van der Waals surface area contributed by atoms with Gasteiger partial charge in [-0.25, -0.2) is 9.59 Å². The quantitative estimate of drug-likeness (QED) is 0.251. The maximum atomic E-state index is 12.6. The Morgan fingerprint density at radius 1 is 1.11 bits per heavy atom. The predicted molar refractivity (Wildman–Crippen MR) is 128 cm³/mol. The lowest BCUT2D eigenvalue weighted by Gasteiger charge is -2.18. The van der Waals surface area contributed by atoms with Crippen LogP contribution in [-0.4, -0.2) is 48.8 Å². The van der Waals surface area contributed by atoms with Crippen molar-refractivity contribution in [1.29, 1.82) is 0 Å². The molecule has 1 unspecified atom stereocenters. The number of rotatable bonds is 9. The zero-order chi connectivity index (χ0) is 25.4. The SMILES string of the molecule is CCOC(Cc1ccc(-c2cccc(N(C)C(=O)Oc3ccc([N+](=O)[O-])cc3)c2)nc1)C(=O)OC. The number of pyridine rings is 1. The molecule has 0 N–H and O–H groups in total. The van der Waals surface area contributed by atoms with E-state index in [0.717, 1.165) is 11.1 Å². The number of esters is 1. The molecule has 1 amide bonds. The summed E-state index contributed by atoms with van der Waals surface area (Å²) >= 11 is 0. The standard InChI is InChI=1S/C25H25N3O7/c1-4-34-23(24(29)33-3)14-17-8-13-22(26-16-17)18-6-5-7-20(15-18)27(2)25(30)35-21-11-9-19(10-12-21)28(31)32/h5-13,15-16,23H,4,14H2,1-3H3. The zero-order valence-corrected chi connectivity index (χ0v) is 19.5. The Bertz CT molecular complexity index is 1180. The summed E-state index contributed by atoms with van der Waals surface area (Å²) in [6.07, 6.45) is 0.662. The summed E-state index contributed by atoms with van der Waals surface area (Å²) in [4.78, 5) is 40.5. The average Bonchev–Trinajstić information content (AvgIpc) is 2.88. The monoisotopic (exact) mass is 479 g/mol. The fourth-order valence-electron chi connectivity index (χ4n) is 3.26. The normalized spacial score (nSPS) is 11.4. The van der Waals surface area contributed by atoms with Gasteiger partial charge in [-0.2, -0.15) is 0 Å². The number of nitrogens with zero attached hydrogens (tertiary/aromatic N) is 3. The highest BCUT2D eigenvalue weighted by Gasteiger charge is 2.20. The van der Waals surface area contributed by atoms with Crippen LogP contribution in [0.2, 0.25) is 0 Å². The van der Waals surface area contributed by atoms with Crippen LogP contribution in [0.15, 0.2) is 66.9 Å². The van der Waals surface area contributed by atoms with E-state index in [1.54, 1.807) is 31.4 Å². The number of carbonyl (C=O) groups excluding carboxylic acids is 2. The molecule has 3 aromatic rings. The van der Waals surface area contributed by atoms with Crippen molar-refractivity contribution in [1.82, 2.24) is 4.98 Å². The Morgan fingerprint density at radius 3 is 2.46 bits per heavy atom. The van der Waals surface area contributed by atoms with E-state index < -0.39 is 23.1 Å². The molecule has 0 aliphatic heterocycles. The Balaban J connectivity index is 1.70. The number of amides is 1. The van der Waals surface area contributed by atoms with Crippen molar-refractivity contribution >= 4 is 23.4 Å². The highest BCUT2D eigenvalue weighted by molar-refractivity contribution is 5.89. The third-order valence-electron chi connectivity index (χ3n) is 5.13. The third-order valence-corrected chi connectivity index (χ3v) is 5.13. The lowest BCUT2D eigenvalue weighted by Crippen LogP contribution is -2.29. The van der Waals surface area contributed by atoms with Crippen molar-refractivity contribution in [3.05, 3.63) is 82.5 Å². The third kappa shape index (κ3) is 6.61. The second kappa shape index (κ2) is 11.7. The molecular weight excluding hydrogens is 454 g/mol. The van der Waals surface area contributed by atoms with Gasteiger partial charge in [-0.15, -0.1) is 0 Å². The molecule has 3 rings (SSSR count). The van der Waals surface area contributed by atoms with Crippen LogP contribution >= 0.6 is 0 Å². The van der Waals surface area contributed by atoms with E-state index in [9.17, 15) is 19.7 Å². The van der Waals surface area contributed by atoms with Crippen LogP contribution < -0.4 is 9.64 Å². The van der Waals surface area contributed by atoms with Gasteiger partial charge in [0.2, 0.25) is 0 Å². The molecule has 0 spiro atoms. The van der Waals surface area contributed by atoms with E-state index in [0.29, 0.717) is 24.4 Å².